The fourth-order valence-electron chi connectivity index (χ4n) is 5.76. The third kappa shape index (κ3) is 7.25. The molecule has 38 heavy (non-hydrogen) atoms. The van der Waals surface area contributed by atoms with Gasteiger partial charge in [0, 0.05) is 24.2 Å². The molecule has 1 atom stereocenters. The summed E-state index contributed by atoms with van der Waals surface area (Å²) in [6.45, 7) is 9.12. The number of benzene rings is 2. The van der Waals surface area contributed by atoms with Crippen molar-refractivity contribution in [1.82, 2.24) is 4.90 Å². The molecule has 1 aliphatic heterocycles. The quantitative estimate of drug-likeness (QED) is 0.278. The Hall–Kier alpha value is -2.66. The maximum absolute atomic E-state index is 13.0. The molecule has 4 rings (SSSR count). The summed E-state index contributed by atoms with van der Waals surface area (Å²) in [5.41, 5.74) is 7.55. The Morgan fingerprint density at radius 2 is 1.89 bits per heavy atom. The van der Waals surface area contributed by atoms with Crippen LogP contribution in [0.5, 0.6) is 11.5 Å². The molecule has 0 N–H and O–H groups in total. The first kappa shape index (κ1) is 28.4. The average molecular weight is 524 g/mol. The van der Waals surface area contributed by atoms with Crippen LogP contribution in [0.25, 0.3) is 5.57 Å². The lowest BCUT2D eigenvalue weighted by Crippen LogP contribution is -2.26. The Morgan fingerprint density at radius 1 is 1.11 bits per heavy atom. The highest BCUT2D eigenvalue weighted by atomic mass is 19.3. The Bertz CT molecular complexity index is 1110. The maximum atomic E-state index is 13.0. The normalized spacial score (nSPS) is 18.6. The van der Waals surface area contributed by atoms with Crippen LogP contribution in [0, 0.1) is 5.92 Å². The van der Waals surface area contributed by atoms with Crippen molar-refractivity contribution >= 4 is 5.57 Å². The highest BCUT2D eigenvalue weighted by Crippen LogP contribution is 2.41. The summed E-state index contributed by atoms with van der Waals surface area (Å²) in [7, 11) is 0. The van der Waals surface area contributed by atoms with Crippen LogP contribution in [0.3, 0.4) is 0 Å². The summed E-state index contributed by atoms with van der Waals surface area (Å²) in [6, 6.07) is 14.1. The summed E-state index contributed by atoms with van der Waals surface area (Å²) in [5, 5.41) is 0. The molecular weight excluding hydrogens is 480 g/mol. The van der Waals surface area contributed by atoms with Crippen LogP contribution >= 0.6 is 0 Å². The van der Waals surface area contributed by atoms with E-state index in [0.29, 0.717) is 12.3 Å². The van der Waals surface area contributed by atoms with Crippen LogP contribution in [0.4, 0.5) is 8.92 Å². The number of halogens is 2. The molecule has 0 aromatic heterocycles. The first-order valence-corrected chi connectivity index (χ1v) is 14.4. The zero-order valence-electron chi connectivity index (χ0n) is 23.3. The lowest BCUT2D eigenvalue weighted by Gasteiger charge is -2.20. The van der Waals surface area contributed by atoms with Crippen molar-refractivity contribution in [2.45, 2.75) is 78.2 Å². The van der Waals surface area contributed by atoms with Gasteiger partial charge in [0.25, 0.3) is 0 Å². The Morgan fingerprint density at radius 3 is 2.61 bits per heavy atom. The molecule has 2 aromatic rings. The molecule has 2 aromatic carbocycles. The number of allylic oxidation sites excluding steroid dienone is 3. The van der Waals surface area contributed by atoms with Crippen molar-refractivity contribution in [1.29, 1.82) is 0 Å². The van der Waals surface area contributed by atoms with Crippen molar-refractivity contribution in [3.63, 3.8) is 0 Å². The number of ether oxygens (including phenoxy) is 1. The second kappa shape index (κ2) is 13.9. The van der Waals surface area contributed by atoms with Crippen LogP contribution in [0.15, 0.2) is 59.7 Å². The minimum absolute atomic E-state index is 0.142. The van der Waals surface area contributed by atoms with Crippen molar-refractivity contribution < 1.29 is 18.6 Å². The van der Waals surface area contributed by atoms with Gasteiger partial charge in [0.15, 0.2) is 5.75 Å². The predicted molar refractivity (Wildman–Crippen MR) is 152 cm³/mol. The minimum Gasteiger partial charge on any atom is -0.489 e. The molecule has 1 fully saturated rings. The molecule has 1 heterocycles. The average Bonchev–Trinajstić information content (AvgIpc) is 3.28. The van der Waals surface area contributed by atoms with Crippen LogP contribution in [-0.2, 0) is 6.42 Å². The molecule has 5 heteroatoms. The van der Waals surface area contributed by atoms with Gasteiger partial charge < -0.3 is 4.74 Å². The van der Waals surface area contributed by atoms with Gasteiger partial charge in [-0.3, -0.25) is 14.2 Å². The van der Waals surface area contributed by atoms with E-state index in [1.807, 2.05) is 12.1 Å². The van der Waals surface area contributed by atoms with Gasteiger partial charge in [-0.05, 0) is 109 Å². The van der Waals surface area contributed by atoms with Crippen LogP contribution < -0.4 is 9.68 Å². The minimum atomic E-state index is -0.265. The van der Waals surface area contributed by atoms with Crippen LogP contribution in [0.2, 0.25) is 0 Å². The lowest BCUT2D eigenvalue weighted by molar-refractivity contribution is -0.00629. The van der Waals surface area contributed by atoms with Gasteiger partial charge in [0.1, 0.15) is 11.9 Å². The first-order chi connectivity index (χ1) is 18.5. The number of rotatable bonds is 12. The van der Waals surface area contributed by atoms with Gasteiger partial charge in [-0.1, -0.05) is 51.5 Å². The first-order valence-electron chi connectivity index (χ1n) is 14.4. The molecule has 2 aliphatic rings. The number of hydrogen-bond acceptors (Lipinski definition) is 3. The molecule has 0 bridgehead atoms. The van der Waals surface area contributed by atoms with Crippen molar-refractivity contribution in [2.24, 2.45) is 5.92 Å². The zero-order chi connectivity index (χ0) is 26.9. The smallest absolute Gasteiger partial charge is 0.172 e. The van der Waals surface area contributed by atoms with E-state index in [1.54, 1.807) is 6.07 Å². The molecule has 206 valence electrons. The summed E-state index contributed by atoms with van der Waals surface area (Å²) in [6.07, 6.45) is 10.3. The van der Waals surface area contributed by atoms with Crippen LogP contribution in [0.1, 0.15) is 82.4 Å². The van der Waals surface area contributed by atoms with E-state index >= 15 is 0 Å². The topological polar surface area (TPSA) is 21.7 Å². The summed E-state index contributed by atoms with van der Waals surface area (Å²) in [5.74, 6) is 1.73. The van der Waals surface area contributed by atoms with E-state index in [0.717, 1.165) is 87.0 Å². The summed E-state index contributed by atoms with van der Waals surface area (Å²) < 4.78 is 31.9. The molecule has 1 unspecified atom stereocenters. The van der Waals surface area contributed by atoms with E-state index in [4.69, 9.17) is 4.74 Å². The van der Waals surface area contributed by atoms with Crippen molar-refractivity contribution in [3.05, 3.63) is 76.4 Å². The number of nitrogens with zero attached hydrogens (tertiary/aromatic N) is 1. The monoisotopic (exact) mass is 523 g/mol. The number of hydrogen-bond donors (Lipinski definition) is 0. The Balaban J connectivity index is 1.68. The number of alkyl halides is 1. The largest absolute Gasteiger partial charge is 0.489 e. The molecule has 1 aliphatic carbocycles. The van der Waals surface area contributed by atoms with Crippen molar-refractivity contribution in [2.75, 3.05) is 26.3 Å². The fraction of sp³-hybridized carbons (Fsp3) is 0.515. The van der Waals surface area contributed by atoms with Crippen LogP contribution in [-0.4, -0.2) is 37.3 Å². The molecule has 0 saturated carbocycles. The molecule has 0 spiro atoms. The third-order valence-electron chi connectivity index (χ3n) is 7.64. The zero-order valence-corrected chi connectivity index (χ0v) is 23.3. The Kier molecular flexibility index (Phi) is 10.4. The predicted octanol–water partition coefficient (Wildman–Crippen LogP) is 8.67. The van der Waals surface area contributed by atoms with Gasteiger partial charge in [-0.25, -0.2) is 0 Å². The maximum Gasteiger partial charge on any atom is 0.172 e. The van der Waals surface area contributed by atoms with Gasteiger partial charge in [0.2, 0.25) is 0 Å². The number of likely N-dealkylation sites (tertiary alicyclic amines) is 1. The van der Waals surface area contributed by atoms with E-state index in [1.165, 1.54) is 16.7 Å². The second-order valence-electron chi connectivity index (χ2n) is 11.1. The van der Waals surface area contributed by atoms with E-state index < -0.39 is 0 Å². The van der Waals surface area contributed by atoms with Gasteiger partial charge in [-0.15, -0.1) is 0 Å². The van der Waals surface area contributed by atoms with Gasteiger partial charge in [-0.2, -0.15) is 0 Å². The number of fused-ring (bicyclic) bond motifs is 1. The molecule has 0 amide bonds. The lowest BCUT2D eigenvalue weighted by atomic mass is 9.85. The Labute approximate surface area is 227 Å². The SMILES string of the molecule is CCC/C(=C\CC(C)C)C1=C(c2ccc(OC3CCN(CCCF)C3)cc2)c2ccc(OF)cc2CCC1. The van der Waals surface area contributed by atoms with Gasteiger partial charge >= 0.3 is 0 Å². The molecule has 1 saturated heterocycles. The van der Waals surface area contributed by atoms with E-state index in [9.17, 15) is 8.92 Å². The molecule has 3 nitrogen and oxygen atoms in total. The molecular formula is C33H43F2NO2. The fourth-order valence-corrected chi connectivity index (χ4v) is 5.76. The summed E-state index contributed by atoms with van der Waals surface area (Å²) in [4.78, 5) is 6.37. The number of aryl methyl sites for hydroxylation is 1. The third-order valence-corrected chi connectivity index (χ3v) is 7.64. The van der Waals surface area contributed by atoms with E-state index in [-0.39, 0.29) is 18.5 Å². The standard InChI is InChI=1S/C33H43F2NO2/c1-4-7-25(11-10-24(2)3)31-9-5-8-27-22-29(38-35)16-17-32(27)33(31)26-12-14-28(15-13-26)37-30-18-21-36(23-30)20-6-19-34/h11-17,22,24,30H,4-10,18-21,23H2,1-3H3/b25-11+. The highest BCUT2D eigenvalue weighted by molar-refractivity contribution is 5.87. The molecule has 0 radical (unpaired) electrons. The van der Waals surface area contributed by atoms with Crippen molar-refractivity contribution in [3.8, 4) is 11.5 Å². The summed E-state index contributed by atoms with van der Waals surface area (Å²) >= 11 is 0. The second-order valence-corrected chi connectivity index (χ2v) is 11.1. The highest BCUT2D eigenvalue weighted by Gasteiger charge is 2.25. The van der Waals surface area contributed by atoms with E-state index in [2.05, 4.69) is 61.0 Å². The van der Waals surface area contributed by atoms with Gasteiger partial charge in [0.05, 0.1) is 6.67 Å².